The first-order chi connectivity index (χ1) is 8.97. The van der Waals surface area contributed by atoms with Crippen LogP contribution >= 0.6 is 15.9 Å². The van der Waals surface area contributed by atoms with Gasteiger partial charge in [0.2, 0.25) is 0 Å². The lowest BCUT2D eigenvalue weighted by atomic mass is 10.1. The molecule has 0 unspecified atom stereocenters. The number of carbonyl (C=O) groups excluding carboxylic acids is 1. The predicted molar refractivity (Wildman–Crippen MR) is 73.5 cm³/mol. The molecule has 0 spiro atoms. The molecular weight excluding hydrogens is 315 g/mol. The number of ether oxygens (including phenoxy) is 1. The number of hydrogen-bond donors (Lipinski definition) is 2. The van der Waals surface area contributed by atoms with Gasteiger partial charge in [0.15, 0.2) is 11.6 Å². The standard InChI is InChI=1S/C13H10BrFN2O2/c14-7-1-4-10(15)12(5-7)19-11-6-8(16)2-3-9(11)13(17)18/h1-6H,16H2,(H2,17,18). The maximum Gasteiger partial charge on any atom is 0.252 e. The summed E-state index contributed by atoms with van der Waals surface area (Å²) in [6, 6.07) is 8.60. The number of halogens is 2. The molecule has 0 aliphatic rings. The van der Waals surface area contributed by atoms with Crippen molar-refractivity contribution in [1.29, 1.82) is 0 Å². The molecule has 0 aliphatic carbocycles. The third-order valence-electron chi connectivity index (χ3n) is 2.38. The number of anilines is 1. The molecule has 0 saturated carbocycles. The van der Waals surface area contributed by atoms with E-state index in [4.69, 9.17) is 16.2 Å². The summed E-state index contributed by atoms with van der Waals surface area (Å²) in [5.41, 5.74) is 11.4. The van der Waals surface area contributed by atoms with Crippen LogP contribution in [0.3, 0.4) is 0 Å². The van der Waals surface area contributed by atoms with Gasteiger partial charge in [0.1, 0.15) is 5.75 Å². The molecule has 0 fully saturated rings. The molecule has 6 heteroatoms. The van der Waals surface area contributed by atoms with Gasteiger partial charge in [-0.15, -0.1) is 0 Å². The van der Waals surface area contributed by atoms with Crippen LogP contribution in [0.5, 0.6) is 11.5 Å². The van der Waals surface area contributed by atoms with Crippen LogP contribution in [-0.4, -0.2) is 5.91 Å². The summed E-state index contributed by atoms with van der Waals surface area (Å²) in [6.07, 6.45) is 0. The molecule has 0 bridgehead atoms. The Labute approximate surface area is 117 Å². The van der Waals surface area contributed by atoms with E-state index in [9.17, 15) is 9.18 Å². The molecule has 0 aliphatic heterocycles. The van der Waals surface area contributed by atoms with Crippen molar-refractivity contribution in [2.75, 3.05) is 5.73 Å². The fraction of sp³-hybridized carbons (Fsp3) is 0. The second-order valence-electron chi connectivity index (χ2n) is 3.80. The van der Waals surface area contributed by atoms with E-state index in [0.29, 0.717) is 10.2 Å². The van der Waals surface area contributed by atoms with Crippen LogP contribution in [0.1, 0.15) is 10.4 Å². The normalized spacial score (nSPS) is 10.2. The molecule has 0 atom stereocenters. The number of nitrogens with two attached hydrogens (primary N) is 2. The molecule has 0 aromatic heterocycles. The van der Waals surface area contributed by atoms with E-state index in [1.807, 2.05) is 0 Å². The Balaban J connectivity index is 2.45. The van der Waals surface area contributed by atoms with Gasteiger partial charge in [0.05, 0.1) is 5.56 Å². The third-order valence-corrected chi connectivity index (χ3v) is 2.88. The first-order valence-corrected chi connectivity index (χ1v) is 6.09. The maximum atomic E-state index is 13.6. The number of hydrogen-bond acceptors (Lipinski definition) is 3. The molecule has 0 radical (unpaired) electrons. The lowest BCUT2D eigenvalue weighted by Crippen LogP contribution is -2.12. The van der Waals surface area contributed by atoms with E-state index in [1.165, 1.54) is 36.4 Å². The van der Waals surface area contributed by atoms with Crippen molar-refractivity contribution in [2.24, 2.45) is 5.73 Å². The zero-order chi connectivity index (χ0) is 14.0. The second kappa shape index (κ2) is 5.27. The van der Waals surface area contributed by atoms with Crippen molar-refractivity contribution < 1.29 is 13.9 Å². The minimum Gasteiger partial charge on any atom is -0.453 e. The zero-order valence-electron chi connectivity index (χ0n) is 9.69. The largest absolute Gasteiger partial charge is 0.453 e. The minimum atomic E-state index is -0.676. The van der Waals surface area contributed by atoms with Gasteiger partial charge in [0.25, 0.3) is 5.91 Å². The molecule has 98 valence electrons. The highest BCUT2D eigenvalue weighted by atomic mass is 79.9. The lowest BCUT2D eigenvalue weighted by Gasteiger charge is -2.11. The van der Waals surface area contributed by atoms with Gasteiger partial charge < -0.3 is 16.2 Å². The van der Waals surface area contributed by atoms with Gasteiger partial charge in [-0.05, 0) is 30.3 Å². The number of rotatable bonds is 3. The molecule has 0 saturated heterocycles. The second-order valence-corrected chi connectivity index (χ2v) is 4.71. The highest BCUT2D eigenvalue weighted by molar-refractivity contribution is 9.10. The molecule has 1 amide bonds. The smallest absolute Gasteiger partial charge is 0.252 e. The molecule has 4 N–H and O–H groups in total. The topological polar surface area (TPSA) is 78.3 Å². The third kappa shape index (κ3) is 3.03. The van der Waals surface area contributed by atoms with Crippen LogP contribution < -0.4 is 16.2 Å². The average molecular weight is 325 g/mol. The fourth-order valence-corrected chi connectivity index (χ4v) is 1.84. The van der Waals surface area contributed by atoms with Gasteiger partial charge in [0, 0.05) is 16.2 Å². The van der Waals surface area contributed by atoms with Crippen molar-refractivity contribution in [1.82, 2.24) is 0 Å². The summed E-state index contributed by atoms with van der Waals surface area (Å²) in [5.74, 6) is -1.14. The van der Waals surface area contributed by atoms with Crippen LogP contribution in [0.2, 0.25) is 0 Å². The highest BCUT2D eigenvalue weighted by Crippen LogP contribution is 2.30. The number of primary amides is 1. The van der Waals surface area contributed by atoms with E-state index < -0.39 is 11.7 Å². The van der Waals surface area contributed by atoms with Crippen molar-refractivity contribution in [3.8, 4) is 11.5 Å². The van der Waals surface area contributed by atoms with Crippen LogP contribution in [0.25, 0.3) is 0 Å². The van der Waals surface area contributed by atoms with Gasteiger partial charge in [-0.1, -0.05) is 15.9 Å². The Morgan fingerprint density at radius 2 is 1.89 bits per heavy atom. The molecule has 4 nitrogen and oxygen atoms in total. The van der Waals surface area contributed by atoms with Gasteiger partial charge in [-0.25, -0.2) is 4.39 Å². The van der Waals surface area contributed by atoms with E-state index >= 15 is 0 Å². The van der Waals surface area contributed by atoms with Crippen LogP contribution in [0.4, 0.5) is 10.1 Å². The van der Waals surface area contributed by atoms with Crippen LogP contribution in [0.15, 0.2) is 40.9 Å². The Morgan fingerprint density at radius 3 is 2.58 bits per heavy atom. The Morgan fingerprint density at radius 1 is 1.16 bits per heavy atom. The zero-order valence-corrected chi connectivity index (χ0v) is 11.3. The minimum absolute atomic E-state index is 0.0255. The fourth-order valence-electron chi connectivity index (χ4n) is 1.50. The van der Waals surface area contributed by atoms with E-state index in [1.54, 1.807) is 0 Å². The number of benzene rings is 2. The van der Waals surface area contributed by atoms with Gasteiger partial charge in [-0.3, -0.25) is 4.79 Å². The summed E-state index contributed by atoms with van der Waals surface area (Å²) in [4.78, 5) is 11.3. The monoisotopic (exact) mass is 324 g/mol. The predicted octanol–water partition coefficient (Wildman–Crippen LogP) is 3.06. The molecule has 2 rings (SSSR count). The average Bonchev–Trinajstić information content (AvgIpc) is 2.33. The van der Waals surface area contributed by atoms with Crippen molar-refractivity contribution in [2.45, 2.75) is 0 Å². The van der Waals surface area contributed by atoms with Crippen LogP contribution in [-0.2, 0) is 0 Å². The van der Waals surface area contributed by atoms with E-state index in [0.717, 1.165) is 0 Å². The first-order valence-electron chi connectivity index (χ1n) is 5.29. The highest BCUT2D eigenvalue weighted by Gasteiger charge is 2.13. The van der Waals surface area contributed by atoms with Crippen LogP contribution in [0, 0.1) is 5.82 Å². The quantitative estimate of drug-likeness (QED) is 0.851. The molecule has 0 heterocycles. The summed E-state index contributed by atoms with van der Waals surface area (Å²) >= 11 is 3.21. The maximum absolute atomic E-state index is 13.6. The van der Waals surface area contributed by atoms with Crippen molar-refractivity contribution in [3.05, 3.63) is 52.3 Å². The molecular formula is C13H10BrFN2O2. The number of amides is 1. The summed E-state index contributed by atoms with van der Waals surface area (Å²) in [6.45, 7) is 0. The summed E-state index contributed by atoms with van der Waals surface area (Å²) < 4.78 is 19.6. The van der Waals surface area contributed by atoms with Crippen molar-refractivity contribution in [3.63, 3.8) is 0 Å². The van der Waals surface area contributed by atoms with Gasteiger partial charge in [-0.2, -0.15) is 0 Å². The number of carbonyl (C=O) groups is 1. The van der Waals surface area contributed by atoms with E-state index in [2.05, 4.69) is 15.9 Å². The Kier molecular flexibility index (Phi) is 3.71. The SMILES string of the molecule is NC(=O)c1ccc(N)cc1Oc1cc(Br)ccc1F. The van der Waals surface area contributed by atoms with Gasteiger partial charge >= 0.3 is 0 Å². The molecule has 2 aromatic rings. The Hall–Kier alpha value is -2.08. The lowest BCUT2D eigenvalue weighted by molar-refractivity contribution is 0.0998. The molecule has 19 heavy (non-hydrogen) atoms. The number of nitrogen functional groups attached to an aromatic ring is 1. The Bertz CT molecular complexity index is 647. The van der Waals surface area contributed by atoms with Crippen molar-refractivity contribution >= 4 is 27.5 Å². The van der Waals surface area contributed by atoms with E-state index in [-0.39, 0.29) is 17.1 Å². The summed E-state index contributed by atoms with van der Waals surface area (Å²) in [7, 11) is 0. The summed E-state index contributed by atoms with van der Waals surface area (Å²) in [5, 5.41) is 0. The first kappa shape index (κ1) is 13.4. The molecule has 2 aromatic carbocycles.